The van der Waals surface area contributed by atoms with Gasteiger partial charge in [-0.05, 0) is 31.5 Å². The van der Waals surface area contributed by atoms with Crippen molar-refractivity contribution in [3.05, 3.63) is 53.2 Å². The zero-order chi connectivity index (χ0) is 11.5. The SMILES string of the molecule is Cc1cc(C(=O)Cc2ncccc2C)co1. The molecule has 3 nitrogen and oxygen atoms in total. The van der Waals surface area contributed by atoms with Gasteiger partial charge in [0.05, 0.1) is 17.7 Å². The van der Waals surface area contributed by atoms with Gasteiger partial charge in [0.25, 0.3) is 0 Å². The maximum absolute atomic E-state index is 11.9. The van der Waals surface area contributed by atoms with Crippen LogP contribution >= 0.6 is 0 Å². The van der Waals surface area contributed by atoms with Gasteiger partial charge in [0.2, 0.25) is 0 Å². The van der Waals surface area contributed by atoms with Crippen molar-refractivity contribution in [3.63, 3.8) is 0 Å². The molecule has 0 saturated heterocycles. The number of aromatic nitrogens is 1. The highest BCUT2D eigenvalue weighted by atomic mass is 16.3. The Morgan fingerprint density at radius 1 is 1.44 bits per heavy atom. The zero-order valence-corrected chi connectivity index (χ0v) is 9.36. The Kier molecular flexibility index (Phi) is 2.86. The molecule has 82 valence electrons. The van der Waals surface area contributed by atoms with E-state index in [1.54, 1.807) is 12.3 Å². The van der Waals surface area contributed by atoms with Gasteiger partial charge in [-0.1, -0.05) is 6.07 Å². The van der Waals surface area contributed by atoms with Crippen LogP contribution in [0.3, 0.4) is 0 Å². The molecule has 0 radical (unpaired) electrons. The number of nitrogens with zero attached hydrogens (tertiary/aromatic N) is 1. The van der Waals surface area contributed by atoms with E-state index in [9.17, 15) is 4.79 Å². The summed E-state index contributed by atoms with van der Waals surface area (Å²) in [5, 5.41) is 0. The van der Waals surface area contributed by atoms with Crippen LogP contribution in [0.2, 0.25) is 0 Å². The fourth-order valence-electron chi connectivity index (χ4n) is 1.55. The highest BCUT2D eigenvalue weighted by Crippen LogP contribution is 2.11. The van der Waals surface area contributed by atoms with Crippen molar-refractivity contribution in [1.29, 1.82) is 0 Å². The van der Waals surface area contributed by atoms with Crippen molar-refractivity contribution in [2.45, 2.75) is 20.3 Å². The van der Waals surface area contributed by atoms with Crippen LogP contribution in [-0.2, 0) is 6.42 Å². The lowest BCUT2D eigenvalue weighted by molar-refractivity contribution is 0.0991. The van der Waals surface area contributed by atoms with Crippen molar-refractivity contribution in [2.75, 3.05) is 0 Å². The van der Waals surface area contributed by atoms with Crippen LogP contribution in [-0.4, -0.2) is 10.8 Å². The summed E-state index contributed by atoms with van der Waals surface area (Å²) in [7, 11) is 0. The van der Waals surface area contributed by atoms with E-state index in [1.807, 2.05) is 26.0 Å². The van der Waals surface area contributed by atoms with E-state index in [0.717, 1.165) is 17.0 Å². The maximum atomic E-state index is 11.9. The second-order valence-corrected chi connectivity index (χ2v) is 3.81. The molecule has 0 aliphatic carbocycles. The molecule has 3 heteroatoms. The molecule has 16 heavy (non-hydrogen) atoms. The van der Waals surface area contributed by atoms with Crippen molar-refractivity contribution in [3.8, 4) is 0 Å². The molecule has 0 aliphatic heterocycles. The molecule has 2 aromatic heterocycles. The van der Waals surface area contributed by atoms with Crippen LogP contribution < -0.4 is 0 Å². The summed E-state index contributed by atoms with van der Waals surface area (Å²) in [6.45, 7) is 3.78. The fourth-order valence-corrected chi connectivity index (χ4v) is 1.55. The first-order valence-corrected chi connectivity index (χ1v) is 5.15. The lowest BCUT2D eigenvalue weighted by Gasteiger charge is -2.01. The van der Waals surface area contributed by atoms with Gasteiger partial charge >= 0.3 is 0 Å². The van der Waals surface area contributed by atoms with Crippen molar-refractivity contribution in [2.24, 2.45) is 0 Å². The minimum atomic E-state index is 0.0404. The van der Waals surface area contributed by atoms with Gasteiger partial charge in [0.1, 0.15) is 12.0 Å². The Bertz CT molecular complexity index is 514. The second-order valence-electron chi connectivity index (χ2n) is 3.81. The van der Waals surface area contributed by atoms with Crippen LogP contribution in [0.25, 0.3) is 0 Å². The molecule has 0 N–H and O–H groups in total. The number of Topliss-reactive ketones (excluding diaryl/α,β-unsaturated/α-hetero) is 1. The highest BCUT2D eigenvalue weighted by Gasteiger charge is 2.11. The average Bonchev–Trinajstić information content (AvgIpc) is 2.68. The fraction of sp³-hybridized carbons (Fsp3) is 0.231. The number of carbonyl (C=O) groups is 1. The molecule has 0 aromatic carbocycles. The quantitative estimate of drug-likeness (QED) is 0.739. The summed E-state index contributed by atoms with van der Waals surface area (Å²) in [4.78, 5) is 16.1. The van der Waals surface area contributed by atoms with E-state index in [4.69, 9.17) is 4.42 Å². The standard InChI is InChI=1S/C13H13NO2/c1-9-4-3-5-14-12(9)7-13(15)11-6-10(2)16-8-11/h3-6,8H,7H2,1-2H3. The topological polar surface area (TPSA) is 43.1 Å². The van der Waals surface area contributed by atoms with E-state index < -0.39 is 0 Å². The molecule has 0 amide bonds. The number of hydrogen-bond donors (Lipinski definition) is 0. The Morgan fingerprint density at radius 2 is 2.25 bits per heavy atom. The average molecular weight is 215 g/mol. The van der Waals surface area contributed by atoms with Crippen LogP contribution in [0, 0.1) is 13.8 Å². The van der Waals surface area contributed by atoms with Gasteiger partial charge in [0.15, 0.2) is 5.78 Å². The number of ketones is 1. The van der Waals surface area contributed by atoms with Crippen molar-refractivity contribution in [1.82, 2.24) is 4.98 Å². The molecule has 0 atom stereocenters. The van der Waals surface area contributed by atoms with Crippen LogP contribution in [0.5, 0.6) is 0 Å². The van der Waals surface area contributed by atoms with Crippen molar-refractivity contribution >= 4 is 5.78 Å². The third-order valence-corrected chi connectivity index (χ3v) is 2.50. The summed E-state index contributed by atoms with van der Waals surface area (Å²) in [6.07, 6.45) is 3.53. The number of hydrogen-bond acceptors (Lipinski definition) is 3. The van der Waals surface area contributed by atoms with E-state index in [0.29, 0.717) is 12.0 Å². The summed E-state index contributed by atoms with van der Waals surface area (Å²) >= 11 is 0. The molecule has 2 rings (SSSR count). The van der Waals surface area contributed by atoms with Gasteiger partial charge in [-0.25, -0.2) is 0 Å². The Labute approximate surface area is 94.1 Å². The highest BCUT2D eigenvalue weighted by molar-refractivity contribution is 5.97. The monoisotopic (exact) mass is 215 g/mol. The van der Waals surface area contributed by atoms with Crippen LogP contribution in [0.1, 0.15) is 27.4 Å². The summed E-state index contributed by atoms with van der Waals surface area (Å²) in [5.41, 5.74) is 2.48. The van der Waals surface area contributed by atoms with Crippen LogP contribution in [0.15, 0.2) is 35.1 Å². The first-order valence-electron chi connectivity index (χ1n) is 5.15. The van der Waals surface area contributed by atoms with Crippen LogP contribution in [0.4, 0.5) is 0 Å². The molecule has 0 fully saturated rings. The third-order valence-electron chi connectivity index (χ3n) is 2.50. The summed E-state index contributed by atoms with van der Waals surface area (Å²) in [5.74, 6) is 0.791. The van der Waals surface area contributed by atoms with Crippen molar-refractivity contribution < 1.29 is 9.21 Å². The second kappa shape index (κ2) is 4.31. The summed E-state index contributed by atoms with van der Waals surface area (Å²) in [6, 6.07) is 5.57. The lowest BCUT2D eigenvalue weighted by Crippen LogP contribution is -2.05. The number of furan rings is 1. The summed E-state index contributed by atoms with van der Waals surface area (Å²) < 4.78 is 5.11. The Morgan fingerprint density at radius 3 is 2.88 bits per heavy atom. The van der Waals surface area contributed by atoms with Gasteiger partial charge in [-0.3, -0.25) is 9.78 Å². The van der Waals surface area contributed by atoms with E-state index >= 15 is 0 Å². The van der Waals surface area contributed by atoms with E-state index in [-0.39, 0.29) is 5.78 Å². The predicted molar refractivity (Wildman–Crippen MR) is 60.5 cm³/mol. The number of pyridine rings is 1. The number of rotatable bonds is 3. The molecule has 0 saturated carbocycles. The third kappa shape index (κ3) is 2.19. The Balaban J connectivity index is 2.17. The smallest absolute Gasteiger partial charge is 0.172 e. The molecule has 0 spiro atoms. The number of aryl methyl sites for hydroxylation is 2. The van der Waals surface area contributed by atoms with Gasteiger partial charge in [-0.2, -0.15) is 0 Å². The molecule has 0 aliphatic rings. The maximum Gasteiger partial charge on any atom is 0.172 e. The van der Waals surface area contributed by atoms with Gasteiger partial charge in [-0.15, -0.1) is 0 Å². The molecular formula is C13H13NO2. The zero-order valence-electron chi connectivity index (χ0n) is 9.36. The number of carbonyl (C=O) groups excluding carboxylic acids is 1. The van der Waals surface area contributed by atoms with Gasteiger partial charge in [0, 0.05) is 6.20 Å². The van der Waals surface area contributed by atoms with E-state index in [2.05, 4.69) is 4.98 Å². The molecule has 2 aromatic rings. The minimum Gasteiger partial charge on any atom is -0.469 e. The molecule has 0 bridgehead atoms. The van der Waals surface area contributed by atoms with Gasteiger partial charge < -0.3 is 4.42 Å². The first kappa shape index (κ1) is 10.6. The molecular weight excluding hydrogens is 202 g/mol. The minimum absolute atomic E-state index is 0.0404. The predicted octanol–water partition coefficient (Wildman–Crippen LogP) is 2.72. The first-order chi connectivity index (χ1) is 7.66. The molecule has 0 unspecified atom stereocenters. The normalized spacial score (nSPS) is 10.4. The Hall–Kier alpha value is -1.90. The lowest BCUT2D eigenvalue weighted by atomic mass is 10.1. The van der Waals surface area contributed by atoms with E-state index in [1.165, 1.54) is 6.26 Å². The largest absolute Gasteiger partial charge is 0.469 e. The molecule has 2 heterocycles.